The lowest BCUT2D eigenvalue weighted by Gasteiger charge is -2.04. The number of ether oxygens (including phenoxy) is 1. The van der Waals surface area contributed by atoms with Gasteiger partial charge in [-0.3, -0.25) is 0 Å². The monoisotopic (exact) mass is 202 g/mol. The number of halogens is 3. The van der Waals surface area contributed by atoms with Gasteiger partial charge < -0.3 is 4.74 Å². The van der Waals surface area contributed by atoms with Crippen molar-refractivity contribution in [1.82, 2.24) is 4.98 Å². The van der Waals surface area contributed by atoms with Gasteiger partial charge in [0.15, 0.2) is 5.82 Å². The summed E-state index contributed by atoms with van der Waals surface area (Å²) in [5.74, 6) is -1.76. The van der Waals surface area contributed by atoms with E-state index in [9.17, 15) is 13.2 Å². The molecule has 0 amide bonds. The Kier molecular flexibility index (Phi) is 3.29. The molecular weight excluding hydrogens is 197 g/mol. The summed E-state index contributed by atoms with van der Waals surface area (Å²) in [6.45, 7) is -3.13. The second-order valence-electron chi connectivity index (χ2n) is 2.30. The van der Waals surface area contributed by atoms with Gasteiger partial charge in [0.25, 0.3) is 5.88 Å². The van der Waals surface area contributed by atoms with Crippen LogP contribution in [0.5, 0.6) is 5.88 Å². The molecule has 3 nitrogen and oxygen atoms in total. The van der Waals surface area contributed by atoms with Gasteiger partial charge in [-0.05, 0) is 12.1 Å². The van der Waals surface area contributed by atoms with E-state index < -0.39 is 18.3 Å². The van der Waals surface area contributed by atoms with Gasteiger partial charge in [0, 0.05) is 0 Å². The summed E-state index contributed by atoms with van der Waals surface area (Å²) in [5, 5.41) is 8.29. The Hall–Kier alpha value is -1.77. The average molecular weight is 202 g/mol. The highest BCUT2D eigenvalue weighted by Crippen LogP contribution is 2.16. The van der Waals surface area contributed by atoms with Gasteiger partial charge in [-0.2, -0.15) is 14.0 Å². The van der Waals surface area contributed by atoms with Gasteiger partial charge >= 0.3 is 6.61 Å². The fourth-order valence-electron chi connectivity index (χ4n) is 0.808. The molecule has 0 N–H and O–H groups in total. The van der Waals surface area contributed by atoms with Crippen LogP contribution < -0.4 is 4.74 Å². The quantitative estimate of drug-likeness (QED) is 0.751. The van der Waals surface area contributed by atoms with Crippen molar-refractivity contribution in [1.29, 1.82) is 5.26 Å². The fourth-order valence-corrected chi connectivity index (χ4v) is 0.808. The first kappa shape index (κ1) is 10.3. The van der Waals surface area contributed by atoms with Crippen LogP contribution in [0.2, 0.25) is 0 Å². The normalized spacial score (nSPS) is 9.93. The highest BCUT2D eigenvalue weighted by Gasteiger charge is 2.11. The summed E-state index contributed by atoms with van der Waals surface area (Å²) in [6, 6.07) is 3.92. The Labute approximate surface area is 77.7 Å². The molecule has 0 unspecified atom stereocenters. The highest BCUT2D eigenvalue weighted by molar-refractivity contribution is 5.20. The summed E-state index contributed by atoms with van der Waals surface area (Å²) >= 11 is 0. The third kappa shape index (κ3) is 2.62. The molecule has 1 aromatic rings. The minimum Gasteiger partial charge on any atom is -0.414 e. The second kappa shape index (κ2) is 4.46. The van der Waals surface area contributed by atoms with Crippen molar-refractivity contribution in [3.8, 4) is 11.9 Å². The van der Waals surface area contributed by atoms with Crippen LogP contribution in [-0.2, 0) is 6.42 Å². The predicted octanol–water partition coefficient (Wildman–Crippen LogP) is 1.89. The topological polar surface area (TPSA) is 45.9 Å². The number of nitrogens with zero attached hydrogens (tertiary/aromatic N) is 2. The molecule has 0 saturated carbocycles. The standard InChI is InChI=1S/C8H5F3N2O/c9-6-2-1-5(3-4-12)13-7(6)14-8(10)11/h1-2,8H,3H2. The maximum absolute atomic E-state index is 12.8. The molecule has 0 aliphatic rings. The number of pyridine rings is 1. The van der Waals surface area contributed by atoms with Crippen molar-refractivity contribution in [3.05, 3.63) is 23.6 Å². The highest BCUT2D eigenvalue weighted by atomic mass is 19.3. The Morgan fingerprint density at radius 2 is 2.21 bits per heavy atom. The molecule has 0 spiro atoms. The average Bonchev–Trinajstić information content (AvgIpc) is 2.10. The molecular formula is C8H5F3N2O. The second-order valence-corrected chi connectivity index (χ2v) is 2.30. The Morgan fingerprint density at radius 3 is 2.79 bits per heavy atom. The van der Waals surface area contributed by atoms with Gasteiger partial charge in [-0.25, -0.2) is 9.37 Å². The molecule has 0 saturated heterocycles. The van der Waals surface area contributed by atoms with Crippen LogP contribution in [-0.4, -0.2) is 11.6 Å². The maximum Gasteiger partial charge on any atom is 0.388 e. The van der Waals surface area contributed by atoms with Crippen molar-refractivity contribution in [2.45, 2.75) is 13.0 Å². The van der Waals surface area contributed by atoms with Gasteiger partial charge in [0.1, 0.15) is 0 Å². The van der Waals surface area contributed by atoms with E-state index in [1.165, 1.54) is 6.07 Å². The SMILES string of the molecule is N#CCc1ccc(F)c(OC(F)F)n1. The van der Waals surface area contributed by atoms with E-state index in [2.05, 4.69) is 9.72 Å². The van der Waals surface area contributed by atoms with Crippen molar-refractivity contribution in [2.75, 3.05) is 0 Å². The summed E-state index contributed by atoms with van der Waals surface area (Å²) in [6.07, 6.45) is -0.0835. The van der Waals surface area contributed by atoms with Crippen molar-refractivity contribution < 1.29 is 17.9 Å². The molecule has 0 aromatic carbocycles. The van der Waals surface area contributed by atoms with Crippen LogP contribution in [0.15, 0.2) is 12.1 Å². The lowest BCUT2D eigenvalue weighted by Crippen LogP contribution is -2.06. The van der Waals surface area contributed by atoms with E-state index in [1.807, 2.05) is 0 Å². The number of aromatic nitrogens is 1. The van der Waals surface area contributed by atoms with Crippen LogP contribution in [0.25, 0.3) is 0 Å². The largest absolute Gasteiger partial charge is 0.414 e. The maximum atomic E-state index is 12.8. The first-order chi connectivity index (χ1) is 6.63. The number of nitriles is 1. The Morgan fingerprint density at radius 1 is 1.50 bits per heavy atom. The number of hydrogen-bond acceptors (Lipinski definition) is 3. The van der Waals surface area contributed by atoms with E-state index in [1.54, 1.807) is 6.07 Å². The molecule has 0 radical (unpaired) electrons. The first-order valence-electron chi connectivity index (χ1n) is 3.60. The lowest BCUT2D eigenvalue weighted by molar-refractivity contribution is -0.0554. The molecule has 1 heterocycles. The van der Waals surface area contributed by atoms with Crippen LogP contribution in [0.4, 0.5) is 13.2 Å². The smallest absolute Gasteiger partial charge is 0.388 e. The zero-order chi connectivity index (χ0) is 10.6. The predicted molar refractivity (Wildman–Crippen MR) is 40.1 cm³/mol. The first-order valence-corrected chi connectivity index (χ1v) is 3.60. The summed E-state index contributed by atoms with van der Waals surface area (Å²) < 4.78 is 40.0. The molecule has 0 aliphatic heterocycles. The van der Waals surface area contributed by atoms with E-state index in [4.69, 9.17) is 5.26 Å². The summed E-state index contributed by atoms with van der Waals surface area (Å²) in [4.78, 5) is 3.40. The van der Waals surface area contributed by atoms with E-state index >= 15 is 0 Å². The van der Waals surface area contributed by atoms with Crippen molar-refractivity contribution in [2.24, 2.45) is 0 Å². The van der Waals surface area contributed by atoms with Crippen LogP contribution in [0, 0.1) is 17.1 Å². The fraction of sp³-hybridized carbons (Fsp3) is 0.250. The molecule has 6 heteroatoms. The van der Waals surface area contributed by atoms with Crippen molar-refractivity contribution >= 4 is 0 Å². The van der Waals surface area contributed by atoms with Gasteiger partial charge in [-0.15, -0.1) is 0 Å². The Balaban J connectivity index is 2.91. The minimum absolute atomic E-state index is 0.0835. The molecule has 0 bridgehead atoms. The third-order valence-electron chi connectivity index (χ3n) is 1.33. The van der Waals surface area contributed by atoms with E-state index in [-0.39, 0.29) is 12.1 Å². The van der Waals surface area contributed by atoms with E-state index in [0.717, 1.165) is 6.07 Å². The summed E-state index contributed by atoms with van der Waals surface area (Å²) in [7, 11) is 0. The molecule has 0 atom stereocenters. The number of hydrogen-bond donors (Lipinski definition) is 0. The molecule has 0 aliphatic carbocycles. The van der Waals surface area contributed by atoms with Crippen LogP contribution in [0.1, 0.15) is 5.69 Å². The third-order valence-corrected chi connectivity index (χ3v) is 1.33. The molecule has 1 rings (SSSR count). The van der Waals surface area contributed by atoms with Crippen LogP contribution >= 0.6 is 0 Å². The summed E-state index contributed by atoms with van der Waals surface area (Å²) in [5.41, 5.74) is 0.185. The number of alkyl halides is 2. The molecule has 74 valence electrons. The Bertz CT molecular complexity index is 362. The van der Waals surface area contributed by atoms with Crippen molar-refractivity contribution in [3.63, 3.8) is 0 Å². The molecule has 1 aromatic heterocycles. The van der Waals surface area contributed by atoms with Gasteiger partial charge in [0.2, 0.25) is 0 Å². The lowest BCUT2D eigenvalue weighted by atomic mass is 10.3. The van der Waals surface area contributed by atoms with Gasteiger partial charge in [-0.1, -0.05) is 0 Å². The zero-order valence-corrected chi connectivity index (χ0v) is 6.88. The van der Waals surface area contributed by atoms with Crippen LogP contribution in [0.3, 0.4) is 0 Å². The molecule has 0 fully saturated rings. The zero-order valence-electron chi connectivity index (χ0n) is 6.88. The van der Waals surface area contributed by atoms with Gasteiger partial charge in [0.05, 0.1) is 18.2 Å². The number of rotatable bonds is 3. The minimum atomic E-state index is -3.13. The van der Waals surface area contributed by atoms with E-state index in [0.29, 0.717) is 0 Å². The molecule has 14 heavy (non-hydrogen) atoms.